The topological polar surface area (TPSA) is 24.4 Å². The highest BCUT2D eigenvalue weighted by Crippen LogP contribution is 2.20. The molecule has 0 aliphatic rings. The number of aliphatic imine (C=N–C) groups is 1. The van der Waals surface area contributed by atoms with Crippen LogP contribution in [-0.4, -0.2) is 6.21 Å². The second-order valence-electron chi connectivity index (χ2n) is 5.19. The average Bonchev–Trinajstić information content (AvgIpc) is 2.63. The number of anilines is 1. The molecule has 0 bridgehead atoms. The molecular weight excluding hydrogens is 360 g/mol. The van der Waals surface area contributed by atoms with E-state index >= 15 is 0 Å². The number of nitrogens with zero attached hydrogens (tertiary/aromatic N) is 1. The van der Waals surface area contributed by atoms with Crippen LogP contribution in [0.2, 0.25) is 0 Å². The van der Waals surface area contributed by atoms with Crippen molar-refractivity contribution in [1.82, 2.24) is 0 Å². The Morgan fingerprint density at radius 1 is 0.792 bits per heavy atom. The standard InChI is InChI=1S/C21H17BrN2/c22-18-13-11-17(12-14-18)21(24-20-9-5-2-6-10-20)15-16-23-19-7-3-1-4-8-19/h1-16,24H. The van der Waals surface area contributed by atoms with Crippen molar-refractivity contribution in [2.45, 2.75) is 0 Å². The summed E-state index contributed by atoms with van der Waals surface area (Å²) in [4.78, 5) is 4.48. The summed E-state index contributed by atoms with van der Waals surface area (Å²) in [6.45, 7) is 0. The van der Waals surface area contributed by atoms with Crippen LogP contribution in [0.1, 0.15) is 5.56 Å². The Labute approximate surface area is 150 Å². The van der Waals surface area contributed by atoms with Gasteiger partial charge in [-0.25, -0.2) is 0 Å². The van der Waals surface area contributed by atoms with Crippen LogP contribution in [0.3, 0.4) is 0 Å². The lowest BCUT2D eigenvalue weighted by Gasteiger charge is -2.11. The molecule has 0 amide bonds. The van der Waals surface area contributed by atoms with E-state index in [0.29, 0.717) is 0 Å². The van der Waals surface area contributed by atoms with Crippen molar-refractivity contribution in [3.05, 3.63) is 101 Å². The van der Waals surface area contributed by atoms with Crippen LogP contribution in [-0.2, 0) is 0 Å². The molecular formula is C21H17BrN2. The molecule has 0 saturated heterocycles. The van der Waals surface area contributed by atoms with Gasteiger partial charge in [-0.1, -0.05) is 64.5 Å². The third kappa shape index (κ3) is 4.67. The zero-order valence-corrected chi connectivity index (χ0v) is 14.6. The fraction of sp³-hybridized carbons (Fsp3) is 0. The maximum absolute atomic E-state index is 4.48. The van der Waals surface area contributed by atoms with E-state index in [4.69, 9.17) is 0 Å². The summed E-state index contributed by atoms with van der Waals surface area (Å²) in [6, 6.07) is 28.2. The van der Waals surface area contributed by atoms with Gasteiger partial charge in [0.1, 0.15) is 0 Å². The molecule has 0 aliphatic heterocycles. The molecule has 0 spiro atoms. The zero-order chi connectivity index (χ0) is 16.6. The van der Waals surface area contributed by atoms with E-state index in [0.717, 1.165) is 27.1 Å². The molecule has 0 aromatic heterocycles. The fourth-order valence-electron chi connectivity index (χ4n) is 2.23. The number of nitrogens with one attached hydrogen (secondary N) is 1. The highest BCUT2D eigenvalue weighted by atomic mass is 79.9. The number of rotatable bonds is 5. The van der Waals surface area contributed by atoms with Crippen LogP contribution in [0.25, 0.3) is 5.70 Å². The number of hydrogen-bond acceptors (Lipinski definition) is 2. The Balaban J connectivity index is 1.87. The van der Waals surface area contributed by atoms with E-state index < -0.39 is 0 Å². The Hall–Kier alpha value is -2.65. The largest absolute Gasteiger partial charge is 0.355 e. The SMILES string of the molecule is Brc1ccc(C(=CC=Nc2ccccc2)Nc2ccccc2)cc1. The van der Waals surface area contributed by atoms with Crippen LogP contribution in [0, 0.1) is 0 Å². The van der Waals surface area contributed by atoms with Crippen LogP contribution >= 0.6 is 15.9 Å². The van der Waals surface area contributed by atoms with Crippen molar-refractivity contribution in [3.63, 3.8) is 0 Å². The number of allylic oxidation sites excluding steroid dienone is 1. The van der Waals surface area contributed by atoms with E-state index in [1.165, 1.54) is 0 Å². The van der Waals surface area contributed by atoms with Gasteiger partial charge in [-0.3, -0.25) is 4.99 Å². The summed E-state index contributed by atoms with van der Waals surface area (Å²) in [7, 11) is 0. The van der Waals surface area contributed by atoms with Gasteiger partial charge in [0.15, 0.2) is 0 Å². The van der Waals surface area contributed by atoms with Gasteiger partial charge >= 0.3 is 0 Å². The van der Waals surface area contributed by atoms with Crippen molar-refractivity contribution in [1.29, 1.82) is 0 Å². The number of para-hydroxylation sites is 2. The first-order valence-corrected chi connectivity index (χ1v) is 8.48. The van der Waals surface area contributed by atoms with Crippen molar-refractivity contribution in [2.75, 3.05) is 5.32 Å². The Kier molecular flexibility index (Phi) is 5.59. The molecule has 24 heavy (non-hydrogen) atoms. The normalized spacial score (nSPS) is 11.6. The monoisotopic (exact) mass is 376 g/mol. The van der Waals surface area contributed by atoms with Crippen molar-refractivity contribution < 1.29 is 0 Å². The smallest absolute Gasteiger partial charge is 0.0629 e. The molecule has 3 aromatic carbocycles. The second-order valence-corrected chi connectivity index (χ2v) is 6.11. The van der Waals surface area contributed by atoms with Gasteiger partial charge in [-0.05, 0) is 48.0 Å². The van der Waals surface area contributed by atoms with E-state index in [1.807, 2.05) is 85.1 Å². The number of benzene rings is 3. The summed E-state index contributed by atoms with van der Waals surface area (Å²) >= 11 is 3.48. The molecule has 0 aliphatic carbocycles. The summed E-state index contributed by atoms with van der Waals surface area (Å²) in [5.41, 5.74) is 4.07. The van der Waals surface area contributed by atoms with E-state index in [1.54, 1.807) is 0 Å². The van der Waals surface area contributed by atoms with Crippen LogP contribution in [0.5, 0.6) is 0 Å². The van der Waals surface area contributed by atoms with Crippen molar-refractivity contribution >= 4 is 39.2 Å². The fourth-order valence-corrected chi connectivity index (χ4v) is 2.49. The molecule has 2 nitrogen and oxygen atoms in total. The predicted octanol–water partition coefficient (Wildman–Crippen LogP) is 6.30. The molecule has 0 heterocycles. The first-order valence-electron chi connectivity index (χ1n) is 7.69. The molecule has 0 saturated carbocycles. The first kappa shape index (κ1) is 16.2. The Morgan fingerprint density at radius 2 is 1.42 bits per heavy atom. The lowest BCUT2D eigenvalue weighted by molar-refractivity contribution is 1.51. The van der Waals surface area contributed by atoms with E-state index in [9.17, 15) is 0 Å². The average molecular weight is 377 g/mol. The minimum atomic E-state index is 0.934. The lowest BCUT2D eigenvalue weighted by Crippen LogP contribution is -1.99. The Morgan fingerprint density at radius 3 is 2.08 bits per heavy atom. The second kappa shape index (κ2) is 8.27. The minimum absolute atomic E-state index is 0.934. The van der Waals surface area contributed by atoms with Crippen molar-refractivity contribution in [3.8, 4) is 0 Å². The molecule has 1 N–H and O–H groups in total. The summed E-state index contributed by atoms with van der Waals surface area (Å²) in [5.74, 6) is 0. The highest BCUT2D eigenvalue weighted by Gasteiger charge is 2.01. The molecule has 0 unspecified atom stereocenters. The van der Waals surface area contributed by atoms with Gasteiger partial charge < -0.3 is 5.32 Å². The molecule has 3 heteroatoms. The molecule has 0 fully saturated rings. The molecule has 0 radical (unpaired) electrons. The van der Waals surface area contributed by atoms with Crippen LogP contribution < -0.4 is 5.32 Å². The van der Waals surface area contributed by atoms with Gasteiger partial charge in [-0.2, -0.15) is 0 Å². The third-order valence-electron chi connectivity index (χ3n) is 3.43. The molecule has 0 atom stereocenters. The summed E-state index contributed by atoms with van der Waals surface area (Å²) in [6.07, 6.45) is 3.81. The maximum Gasteiger partial charge on any atom is 0.0629 e. The summed E-state index contributed by atoms with van der Waals surface area (Å²) < 4.78 is 1.06. The first-order chi connectivity index (χ1) is 11.8. The predicted molar refractivity (Wildman–Crippen MR) is 107 cm³/mol. The van der Waals surface area contributed by atoms with E-state index in [-0.39, 0.29) is 0 Å². The van der Waals surface area contributed by atoms with E-state index in [2.05, 4.69) is 38.4 Å². The Bertz CT molecular complexity index is 823. The molecule has 3 rings (SSSR count). The van der Waals surface area contributed by atoms with Gasteiger partial charge in [0, 0.05) is 22.1 Å². The number of hydrogen-bond donors (Lipinski definition) is 1. The van der Waals surface area contributed by atoms with Gasteiger partial charge in [0.05, 0.1) is 5.69 Å². The summed E-state index contributed by atoms with van der Waals surface area (Å²) in [5, 5.41) is 3.46. The van der Waals surface area contributed by atoms with Gasteiger partial charge in [0.25, 0.3) is 0 Å². The molecule has 118 valence electrons. The van der Waals surface area contributed by atoms with Crippen molar-refractivity contribution in [2.24, 2.45) is 4.99 Å². The maximum atomic E-state index is 4.48. The van der Waals surface area contributed by atoms with Gasteiger partial charge in [0.2, 0.25) is 0 Å². The quantitative estimate of drug-likeness (QED) is 0.518. The van der Waals surface area contributed by atoms with Crippen LogP contribution in [0.4, 0.5) is 11.4 Å². The minimum Gasteiger partial charge on any atom is -0.355 e. The lowest BCUT2D eigenvalue weighted by atomic mass is 10.1. The zero-order valence-electron chi connectivity index (χ0n) is 13.1. The third-order valence-corrected chi connectivity index (χ3v) is 3.96. The van der Waals surface area contributed by atoms with Crippen LogP contribution in [0.15, 0.2) is 100 Å². The highest BCUT2D eigenvalue weighted by molar-refractivity contribution is 9.10. The molecule has 3 aromatic rings. The number of halogens is 1. The van der Waals surface area contributed by atoms with Gasteiger partial charge in [-0.15, -0.1) is 0 Å².